The van der Waals surface area contributed by atoms with E-state index in [9.17, 15) is 13.6 Å². The minimum absolute atomic E-state index is 0.100. The molecule has 1 aliphatic rings. The molecule has 3 N–H and O–H groups in total. The topological polar surface area (TPSA) is 80.9 Å². The van der Waals surface area contributed by atoms with Gasteiger partial charge >= 0.3 is 0 Å². The predicted octanol–water partition coefficient (Wildman–Crippen LogP) is 1.91. The lowest BCUT2D eigenvalue weighted by molar-refractivity contribution is -0.115. The molecule has 3 rings (SSSR count). The van der Waals surface area contributed by atoms with Gasteiger partial charge in [-0.15, -0.1) is 0 Å². The van der Waals surface area contributed by atoms with Gasteiger partial charge in [0, 0.05) is 24.7 Å². The van der Waals surface area contributed by atoms with Crippen molar-refractivity contribution in [3.63, 3.8) is 0 Å². The van der Waals surface area contributed by atoms with Crippen molar-refractivity contribution in [3.8, 4) is 0 Å². The molecule has 0 saturated heterocycles. The molecule has 2 aromatic heterocycles. The maximum Gasteiger partial charge on any atom is 0.281 e. The van der Waals surface area contributed by atoms with E-state index in [4.69, 9.17) is 5.73 Å². The van der Waals surface area contributed by atoms with Crippen LogP contribution < -0.4 is 11.1 Å². The Balaban J connectivity index is 2.38. The van der Waals surface area contributed by atoms with E-state index < -0.39 is 18.0 Å². The lowest BCUT2D eigenvalue weighted by Crippen LogP contribution is -2.21. The molecule has 1 amide bonds. The Kier molecular flexibility index (Phi) is 3.12. The zero-order valence-corrected chi connectivity index (χ0v) is 12.1. The Morgan fingerprint density at radius 3 is 2.81 bits per heavy atom. The summed E-state index contributed by atoms with van der Waals surface area (Å²) in [5.41, 5.74) is 7.73. The van der Waals surface area contributed by atoms with Crippen LogP contribution in [0.5, 0.6) is 0 Å². The van der Waals surface area contributed by atoms with Gasteiger partial charge in [0.05, 0.1) is 16.0 Å². The van der Waals surface area contributed by atoms with Crippen molar-refractivity contribution in [1.82, 2.24) is 14.7 Å². The molecule has 5 nitrogen and oxygen atoms in total. The molecule has 8 heteroatoms. The molecule has 0 spiro atoms. The number of aryl methyl sites for hydroxylation is 1. The van der Waals surface area contributed by atoms with Crippen LogP contribution in [0.15, 0.2) is 5.70 Å². The fourth-order valence-corrected chi connectivity index (χ4v) is 3.45. The highest BCUT2D eigenvalue weighted by Gasteiger charge is 2.33. The van der Waals surface area contributed by atoms with Gasteiger partial charge in [0.15, 0.2) is 0 Å². The highest BCUT2D eigenvalue weighted by molar-refractivity contribution is 7.13. The van der Waals surface area contributed by atoms with Gasteiger partial charge in [-0.25, -0.2) is 13.8 Å². The van der Waals surface area contributed by atoms with Crippen LogP contribution in [0.2, 0.25) is 0 Å². The number of likely N-dealkylation sites (N-methyl/N-ethyl adjacent to an activating group) is 1. The number of nitrogens with two attached hydrogens (primary N) is 1. The molecule has 0 saturated carbocycles. The molecule has 0 radical (unpaired) electrons. The van der Waals surface area contributed by atoms with Crippen molar-refractivity contribution < 1.29 is 13.6 Å². The SMILES string of the molecule is CNC(=O)C1=C(N)Cc2c1c(C(F)F)nc1c(C)nsc21. The van der Waals surface area contributed by atoms with E-state index in [1.54, 1.807) is 6.92 Å². The van der Waals surface area contributed by atoms with Crippen LogP contribution >= 0.6 is 11.5 Å². The van der Waals surface area contributed by atoms with E-state index in [1.165, 1.54) is 18.6 Å². The maximum atomic E-state index is 13.4. The summed E-state index contributed by atoms with van der Waals surface area (Å²) in [6, 6.07) is 0. The Morgan fingerprint density at radius 1 is 1.48 bits per heavy atom. The van der Waals surface area contributed by atoms with Gasteiger partial charge in [-0.1, -0.05) is 0 Å². The Labute approximate surface area is 123 Å². The van der Waals surface area contributed by atoms with E-state index in [-0.39, 0.29) is 23.3 Å². The van der Waals surface area contributed by atoms with E-state index in [0.29, 0.717) is 21.5 Å². The van der Waals surface area contributed by atoms with Gasteiger partial charge in [0.25, 0.3) is 12.3 Å². The number of aromatic nitrogens is 2. The third-order valence-electron chi connectivity index (χ3n) is 3.50. The van der Waals surface area contributed by atoms with Crippen LogP contribution in [0.4, 0.5) is 8.78 Å². The van der Waals surface area contributed by atoms with E-state index in [1.807, 2.05) is 0 Å². The molecule has 0 unspecified atom stereocenters. The smallest absolute Gasteiger partial charge is 0.281 e. The van der Waals surface area contributed by atoms with Gasteiger partial charge in [-0.05, 0) is 24.0 Å². The normalized spacial score (nSPS) is 14.1. The quantitative estimate of drug-likeness (QED) is 0.888. The van der Waals surface area contributed by atoms with Gasteiger partial charge in [-0.3, -0.25) is 4.79 Å². The van der Waals surface area contributed by atoms with E-state index in [2.05, 4.69) is 14.7 Å². The number of rotatable bonds is 2. The molecule has 1 aliphatic carbocycles. The van der Waals surface area contributed by atoms with Gasteiger partial charge < -0.3 is 11.1 Å². The van der Waals surface area contributed by atoms with Crippen molar-refractivity contribution in [2.75, 3.05) is 7.05 Å². The number of nitrogens with one attached hydrogen (secondary N) is 1. The number of pyridine rings is 1. The van der Waals surface area contributed by atoms with Crippen LogP contribution in [-0.2, 0) is 11.2 Å². The standard InChI is InChI=1S/C13H12F2N4OS/c1-4-9-11(21-19-4)5-3-6(16)8(13(20)17-2)7(5)10(18-9)12(14)15/h12H,3,16H2,1-2H3,(H,17,20). The fourth-order valence-electron chi connectivity index (χ4n) is 2.57. The van der Waals surface area contributed by atoms with Crippen molar-refractivity contribution >= 4 is 33.2 Å². The van der Waals surface area contributed by atoms with Crippen molar-refractivity contribution in [3.05, 3.63) is 28.2 Å². The van der Waals surface area contributed by atoms with Crippen molar-refractivity contribution in [2.45, 2.75) is 19.8 Å². The Hall–Kier alpha value is -2.09. The first-order valence-electron chi connectivity index (χ1n) is 6.23. The Morgan fingerprint density at radius 2 is 2.19 bits per heavy atom. The highest BCUT2D eigenvalue weighted by atomic mass is 32.1. The minimum atomic E-state index is -2.78. The number of allylic oxidation sites excluding steroid dienone is 1. The first kappa shape index (κ1) is 13.9. The number of carbonyl (C=O) groups is 1. The second-order valence-corrected chi connectivity index (χ2v) is 5.53. The molecular formula is C13H12F2N4OS. The first-order valence-corrected chi connectivity index (χ1v) is 7.01. The van der Waals surface area contributed by atoms with Crippen LogP contribution in [0.3, 0.4) is 0 Å². The third-order valence-corrected chi connectivity index (χ3v) is 4.48. The molecule has 21 heavy (non-hydrogen) atoms. The summed E-state index contributed by atoms with van der Waals surface area (Å²) in [6.45, 7) is 1.72. The first-order chi connectivity index (χ1) is 9.95. The van der Waals surface area contributed by atoms with Gasteiger partial charge in [0.1, 0.15) is 11.2 Å². The summed E-state index contributed by atoms with van der Waals surface area (Å²) in [5.74, 6) is -0.476. The molecule has 110 valence electrons. The average Bonchev–Trinajstić information content (AvgIpc) is 2.97. The third kappa shape index (κ3) is 1.90. The zero-order valence-electron chi connectivity index (χ0n) is 11.3. The molecule has 2 aromatic rings. The second kappa shape index (κ2) is 4.73. The minimum Gasteiger partial charge on any atom is -0.401 e. The van der Waals surface area contributed by atoms with Gasteiger partial charge in [-0.2, -0.15) is 4.37 Å². The van der Waals surface area contributed by atoms with Crippen LogP contribution in [-0.4, -0.2) is 22.3 Å². The summed E-state index contributed by atoms with van der Waals surface area (Å²) in [6.07, 6.45) is -2.52. The Bertz CT molecular complexity index is 797. The molecule has 0 aliphatic heterocycles. The van der Waals surface area contributed by atoms with Crippen LogP contribution in [0, 0.1) is 6.92 Å². The number of halogens is 2. The lowest BCUT2D eigenvalue weighted by Gasteiger charge is -2.11. The monoisotopic (exact) mass is 310 g/mol. The summed E-state index contributed by atoms with van der Waals surface area (Å²) in [5, 5.41) is 2.44. The number of alkyl halides is 2. The second-order valence-electron chi connectivity index (χ2n) is 4.75. The number of fused-ring (bicyclic) bond motifs is 3. The lowest BCUT2D eigenvalue weighted by atomic mass is 10.0. The largest absolute Gasteiger partial charge is 0.401 e. The summed E-state index contributed by atoms with van der Waals surface area (Å²) < 4.78 is 31.6. The maximum absolute atomic E-state index is 13.4. The summed E-state index contributed by atoms with van der Waals surface area (Å²) >= 11 is 1.19. The summed E-state index contributed by atoms with van der Waals surface area (Å²) in [4.78, 5) is 16.0. The predicted molar refractivity (Wildman–Crippen MR) is 76.0 cm³/mol. The van der Waals surface area contributed by atoms with Crippen molar-refractivity contribution in [1.29, 1.82) is 0 Å². The molecule has 0 aromatic carbocycles. The van der Waals surface area contributed by atoms with Gasteiger partial charge in [0.2, 0.25) is 0 Å². The number of amides is 1. The van der Waals surface area contributed by atoms with Crippen molar-refractivity contribution in [2.24, 2.45) is 5.73 Å². The molecule has 2 heterocycles. The van der Waals surface area contributed by atoms with E-state index >= 15 is 0 Å². The molecular weight excluding hydrogens is 298 g/mol. The van der Waals surface area contributed by atoms with Crippen LogP contribution in [0.25, 0.3) is 15.8 Å². The molecule has 0 fully saturated rings. The summed E-state index contributed by atoms with van der Waals surface area (Å²) in [7, 11) is 1.44. The number of hydrogen-bond acceptors (Lipinski definition) is 5. The highest BCUT2D eigenvalue weighted by Crippen LogP contribution is 2.41. The average molecular weight is 310 g/mol. The molecule has 0 atom stereocenters. The fraction of sp³-hybridized carbons (Fsp3) is 0.308. The van der Waals surface area contributed by atoms with Crippen LogP contribution in [0.1, 0.15) is 28.9 Å². The van der Waals surface area contributed by atoms with E-state index in [0.717, 1.165) is 0 Å². The number of nitrogens with zero attached hydrogens (tertiary/aromatic N) is 2. The number of hydrogen-bond donors (Lipinski definition) is 2. The zero-order chi connectivity index (χ0) is 15.3. The molecule has 0 bridgehead atoms. The number of carbonyl (C=O) groups excluding carboxylic acids is 1.